The minimum Gasteiger partial charge on any atom is -0.454 e. The maximum Gasteiger partial charge on any atom is 0.310 e. The maximum atomic E-state index is 14.1. The molecule has 8 aliphatic carbocycles. The van der Waals surface area contributed by atoms with E-state index in [1.54, 1.807) is 0 Å². The molecule has 0 amide bonds. The molecule has 7 unspecified atom stereocenters. The molecule has 0 spiro atoms. The molecule has 9 rings (SSSR count). The van der Waals surface area contributed by atoms with Crippen LogP contribution in [0.4, 0.5) is 0 Å². The second-order valence-corrected chi connectivity index (χ2v) is 22.3. The first-order chi connectivity index (χ1) is 24.5. The molecule has 290 valence electrons. The fraction of sp³-hybridized carbons (Fsp3) is 0.913. The summed E-state index contributed by atoms with van der Waals surface area (Å²) in [5.74, 6) is 6.61. The largest absolute Gasteiger partial charge is 0.454 e. The zero-order chi connectivity index (χ0) is 36.6. The molecule has 6 heteroatoms. The minimum atomic E-state index is -0.502. The Balaban J connectivity index is 0.851. The number of ether oxygens (including phenoxy) is 1. The molecule has 1 heterocycles. The van der Waals surface area contributed by atoms with Crippen molar-refractivity contribution in [1.29, 1.82) is 0 Å². The van der Waals surface area contributed by atoms with Crippen molar-refractivity contribution in [3.8, 4) is 0 Å². The summed E-state index contributed by atoms with van der Waals surface area (Å²) in [7, 11) is 0. The highest BCUT2D eigenvalue weighted by molar-refractivity contribution is 5.74. The standard InChI is InChI=1S/C46H71NO5/c1-27(51-40(48)37-15-13-33-31-11-9-29-26-42(3,50)21-23-44(29,5)35(31)17-19-46(33,37)7)39-24-38(47-52-39)36-14-12-32-30-10-8-28-25-41(2,49)20-22-43(28,4)34(30)16-18-45(32,36)6/h24,27-37,49-50H,8-23,25-26H2,1-7H3/t27-,28-,29?,30?,31?,32?,33?,34?,35?,36+,37-,41+,42-,43-,44-,45-,46-/m0/s1. The van der Waals surface area contributed by atoms with Crippen LogP contribution in [0.2, 0.25) is 0 Å². The average Bonchev–Trinajstić information content (AvgIpc) is 3.80. The van der Waals surface area contributed by atoms with E-state index in [1.807, 2.05) is 6.92 Å². The van der Waals surface area contributed by atoms with Crippen LogP contribution in [0.5, 0.6) is 0 Å². The number of aliphatic hydroxyl groups is 2. The van der Waals surface area contributed by atoms with E-state index in [1.165, 1.54) is 64.2 Å². The lowest BCUT2D eigenvalue weighted by molar-refractivity contribution is -0.168. The van der Waals surface area contributed by atoms with Gasteiger partial charge >= 0.3 is 5.97 Å². The predicted molar refractivity (Wildman–Crippen MR) is 202 cm³/mol. The summed E-state index contributed by atoms with van der Waals surface area (Å²) < 4.78 is 12.4. The topological polar surface area (TPSA) is 92.8 Å². The highest BCUT2D eigenvalue weighted by atomic mass is 16.6. The van der Waals surface area contributed by atoms with Gasteiger partial charge in [0.1, 0.15) is 0 Å². The minimum absolute atomic E-state index is 0.00574. The van der Waals surface area contributed by atoms with E-state index in [0.717, 1.165) is 80.7 Å². The Labute approximate surface area is 314 Å². The van der Waals surface area contributed by atoms with Gasteiger partial charge in [0, 0.05) is 12.0 Å². The lowest BCUT2D eigenvalue weighted by Crippen LogP contribution is -2.55. The van der Waals surface area contributed by atoms with Crippen LogP contribution in [0.1, 0.15) is 188 Å². The summed E-state index contributed by atoms with van der Waals surface area (Å²) in [4.78, 5) is 14.1. The van der Waals surface area contributed by atoms with Gasteiger partial charge in [0.25, 0.3) is 0 Å². The third-order valence-electron chi connectivity index (χ3n) is 19.8. The van der Waals surface area contributed by atoms with Crippen LogP contribution < -0.4 is 0 Å². The third kappa shape index (κ3) is 5.34. The lowest BCUT2D eigenvalue weighted by atomic mass is 9.44. The highest BCUT2D eigenvalue weighted by Crippen LogP contribution is 2.70. The number of esters is 1. The maximum absolute atomic E-state index is 14.1. The first-order valence-electron chi connectivity index (χ1n) is 22.1. The zero-order valence-corrected chi connectivity index (χ0v) is 33.7. The number of hydrogen-bond acceptors (Lipinski definition) is 6. The van der Waals surface area contributed by atoms with Gasteiger partial charge in [-0.3, -0.25) is 4.79 Å². The molecule has 0 aromatic carbocycles. The predicted octanol–water partition coefficient (Wildman–Crippen LogP) is 10.6. The van der Waals surface area contributed by atoms with E-state index in [-0.39, 0.29) is 22.7 Å². The summed E-state index contributed by atoms with van der Waals surface area (Å²) in [5, 5.41) is 26.5. The van der Waals surface area contributed by atoms with Crippen molar-refractivity contribution in [1.82, 2.24) is 5.16 Å². The highest BCUT2D eigenvalue weighted by Gasteiger charge is 2.64. The van der Waals surface area contributed by atoms with E-state index >= 15 is 0 Å². The van der Waals surface area contributed by atoms with Gasteiger partial charge in [0.2, 0.25) is 0 Å². The molecule has 0 bridgehead atoms. The molecule has 52 heavy (non-hydrogen) atoms. The van der Waals surface area contributed by atoms with E-state index in [2.05, 4.69) is 47.6 Å². The van der Waals surface area contributed by atoms with Crippen molar-refractivity contribution < 1.29 is 24.3 Å². The number of nitrogens with zero attached hydrogens (tertiary/aromatic N) is 1. The Hall–Kier alpha value is -1.40. The van der Waals surface area contributed by atoms with Crippen LogP contribution in [-0.4, -0.2) is 32.5 Å². The molecule has 0 saturated heterocycles. The van der Waals surface area contributed by atoms with Gasteiger partial charge in [-0.2, -0.15) is 0 Å². The molecule has 17 atom stereocenters. The van der Waals surface area contributed by atoms with Crippen molar-refractivity contribution in [3.05, 3.63) is 17.5 Å². The van der Waals surface area contributed by atoms with Gasteiger partial charge in [-0.05, 0) is 205 Å². The van der Waals surface area contributed by atoms with Gasteiger partial charge in [-0.1, -0.05) is 32.9 Å². The van der Waals surface area contributed by atoms with Crippen LogP contribution in [-0.2, 0) is 9.53 Å². The van der Waals surface area contributed by atoms with Gasteiger partial charge < -0.3 is 19.5 Å². The van der Waals surface area contributed by atoms with Gasteiger partial charge in [0.05, 0.1) is 22.8 Å². The molecule has 1 aromatic heterocycles. The van der Waals surface area contributed by atoms with E-state index < -0.39 is 17.3 Å². The van der Waals surface area contributed by atoms with Crippen LogP contribution in [0.25, 0.3) is 0 Å². The van der Waals surface area contributed by atoms with Crippen molar-refractivity contribution >= 4 is 5.97 Å². The van der Waals surface area contributed by atoms with Crippen LogP contribution in [0.15, 0.2) is 10.6 Å². The number of aromatic nitrogens is 1. The van der Waals surface area contributed by atoms with Crippen molar-refractivity contribution in [2.24, 2.45) is 74.9 Å². The Kier molecular flexibility index (Phi) is 8.40. The van der Waals surface area contributed by atoms with Crippen LogP contribution in [0.3, 0.4) is 0 Å². The normalized spacial score (nSPS) is 54.5. The second-order valence-electron chi connectivity index (χ2n) is 22.3. The number of rotatable bonds is 4. The summed E-state index contributed by atoms with van der Waals surface area (Å²) in [6.45, 7) is 16.2. The van der Waals surface area contributed by atoms with Crippen molar-refractivity contribution in [3.63, 3.8) is 0 Å². The monoisotopic (exact) mass is 718 g/mol. The molecule has 1 aromatic rings. The summed E-state index contributed by atoms with van der Waals surface area (Å²) >= 11 is 0. The Bertz CT molecular complexity index is 1550. The lowest BCUT2D eigenvalue weighted by Gasteiger charge is -2.61. The fourth-order valence-corrected chi connectivity index (χ4v) is 16.7. The number of fused-ring (bicyclic) bond motifs is 10. The van der Waals surface area contributed by atoms with Crippen molar-refractivity contribution in [2.45, 2.75) is 187 Å². The third-order valence-corrected chi connectivity index (χ3v) is 19.8. The first-order valence-corrected chi connectivity index (χ1v) is 22.1. The second kappa shape index (κ2) is 12.1. The number of carbonyl (C=O) groups is 1. The molecular weight excluding hydrogens is 647 g/mol. The Morgan fingerprint density at radius 2 is 1.19 bits per heavy atom. The van der Waals surface area contributed by atoms with Crippen LogP contribution >= 0.6 is 0 Å². The first kappa shape index (κ1) is 36.3. The molecule has 8 saturated carbocycles. The number of carbonyl (C=O) groups excluding carboxylic acids is 1. The molecule has 8 fully saturated rings. The molecule has 6 nitrogen and oxygen atoms in total. The van der Waals surface area contributed by atoms with Gasteiger partial charge in [-0.15, -0.1) is 0 Å². The fourth-order valence-electron chi connectivity index (χ4n) is 16.7. The van der Waals surface area contributed by atoms with Gasteiger partial charge in [-0.25, -0.2) is 0 Å². The molecule has 0 radical (unpaired) electrons. The van der Waals surface area contributed by atoms with E-state index in [4.69, 9.17) is 14.4 Å². The summed E-state index contributed by atoms with van der Waals surface area (Å²) in [5.41, 5.74) is 1.03. The quantitative estimate of drug-likeness (QED) is 0.301. The summed E-state index contributed by atoms with van der Waals surface area (Å²) in [6.07, 6.45) is 20.2. The SMILES string of the molecule is C[C@H](OC(=O)[C@@H]1CCC2C3CCC4C[C@@](C)(O)CC[C@]4(C)C3CC[C@@]21C)c1cc([C@H]2CCC3C4CC[C@H]5C[C@](C)(O)CC[C@]5(C)C4CC[C@@]32C)no1. The Morgan fingerprint density at radius 1 is 0.673 bits per heavy atom. The average molecular weight is 718 g/mol. The smallest absolute Gasteiger partial charge is 0.310 e. The number of hydrogen-bond donors (Lipinski definition) is 2. The molecular formula is C46H71NO5. The molecule has 8 aliphatic rings. The van der Waals surface area contributed by atoms with Crippen molar-refractivity contribution in [2.75, 3.05) is 0 Å². The summed E-state index contributed by atoms with van der Waals surface area (Å²) in [6, 6.07) is 2.15. The zero-order valence-electron chi connectivity index (χ0n) is 33.7. The van der Waals surface area contributed by atoms with E-state index in [9.17, 15) is 15.0 Å². The van der Waals surface area contributed by atoms with E-state index in [0.29, 0.717) is 46.2 Å². The van der Waals surface area contributed by atoms with Gasteiger partial charge in [0.15, 0.2) is 11.9 Å². The Morgan fingerprint density at radius 3 is 1.79 bits per heavy atom. The molecule has 2 N–H and O–H groups in total. The molecule has 0 aliphatic heterocycles. The van der Waals surface area contributed by atoms with Crippen LogP contribution in [0, 0.1) is 74.9 Å².